The van der Waals surface area contributed by atoms with Gasteiger partial charge in [-0.15, -0.1) is 0 Å². The minimum absolute atomic E-state index is 0.598. The summed E-state index contributed by atoms with van der Waals surface area (Å²) in [6.07, 6.45) is 4.67. The van der Waals surface area contributed by atoms with E-state index in [1.165, 1.54) is 46.4 Å². The molecule has 1 heterocycles. The summed E-state index contributed by atoms with van der Waals surface area (Å²) in [4.78, 5) is 0. The monoisotopic (exact) mass is 358 g/mol. The zero-order chi connectivity index (χ0) is 19.4. The van der Waals surface area contributed by atoms with Crippen molar-refractivity contribution in [3.63, 3.8) is 0 Å². The highest BCUT2D eigenvalue weighted by molar-refractivity contribution is 5.69. The molecule has 0 spiro atoms. The maximum atomic E-state index is 2.38. The fourth-order valence-corrected chi connectivity index (χ4v) is 4.20. The average molecular weight is 359 g/mol. The van der Waals surface area contributed by atoms with E-state index in [2.05, 4.69) is 106 Å². The molecule has 140 valence electrons. The van der Waals surface area contributed by atoms with Gasteiger partial charge in [0.2, 0.25) is 5.69 Å². The average Bonchev–Trinajstić information content (AvgIpc) is 2.71. The molecule has 0 amide bonds. The van der Waals surface area contributed by atoms with Gasteiger partial charge in [-0.2, -0.15) is 0 Å². The van der Waals surface area contributed by atoms with E-state index >= 15 is 0 Å². The lowest BCUT2D eigenvalue weighted by atomic mass is 9.80. The van der Waals surface area contributed by atoms with Crippen molar-refractivity contribution in [3.05, 3.63) is 78.0 Å². The molecule has 2 atom stereocenters. The van der Waals surface area contributed by atoms with E-state index in [0.29, 0.717) is 11.8 Å². The lowest BCUT2D eigenvalue weighted by Gasteiger charge is -2.24. The molecule has 27 heavy (non-hydrogen) atoms. The highest BCUT2D eigenvalue weighted by Crippen LogP contribution is 2.36. The van der Waals surface area contributed by atoms with Crippen LogP contribution in [-0.4, -0.2) is 0 Å². The van der Waals surface area contributed by atoms with Gasteiger partial charge in [0.25, 0.3) is 0 Å². The molecular weight excluding hydrogens is 326 g/mol. The zero-order valence-electron chi connectivity index (χ0n) is 17.4. The Hall–Kier alpha value is -2.41. The van der Waals surface area contributed by atoms with Crippen LogP contribution in [0.2, 0.25) is 0 Å². The zero-order valence-corrected chi connectivity index (χ0v) is 17.4. The largest absolute Gasteiger partial charge is 0.212 e. The van der Waals surface area contributed by atoms with Gasteiger partial charge in [0.1, 0.15) is 7.05 Å². The number of aromatic nitrogens is 1. The van der Waals surface area contributed by atoms with Crippen molar-refractivity contribution in [1.29, 1.82) is 0 Å². The normalized spacial score (nSPS) is 13.4. The lowest BCUT2D eigenvalue weighted by molar-refractivity contribution is -0.660. The molecule has 1 aromatic heterocycles. The predicted octanol–water partition coefficient (Wildman–Crippen LogP) is 6.69. The Balaban J connectivity index is 2.12. The van der Waals surface area contributed by atoms with Crippen LogP contribution >= 0.6 is 0 Å². The summed E-state index contributed by atoms with van der Waals surface area (Å²) in [7, 11) is 2.17. The summed E-state index contributed by atoms with van der Waals surface area (Å²) in [5.41, 5.74) is 8.04. The lowest BCUT2D eigenvalue weighted by Crippen LogP contribution is -2.31. The predicted molar refractivity (Wildman–Crippen MR) is 116 cm³/mol. The summed E-state index contributed by atoms with van der Waals surface area (Å²) in [5.74, 6) is 1.28. The van der Waals surface area contributed by atoms with E-state index in [1.54, 1.807) is 0 Å². The summed E-state index contributed by atoms with van der Waals surface area (Å²) < 4.78 is 2.29. The van der Waals surface area contributed by atoms with Crippen molar-refractivity contribution in [1.82, 2.24) is 0 Å². The Morgan fingerprint density at radius 1 is 0.852 bits per heavy atom. The van der Waals surface area contributed by atoms with Gasteiger partial charge in [0.05, 0.1) is 0 Å². The minimum Gasteiger partial charge on any atom is -0.200 e. The van der Waals surface area contributed by atoms with Crippen LogP contribution in [0.4, 0.5) is 0 Å². The Morgan fingerprint density at radius 3 is 2.19 bits per heavy atom. The van der Waals surface area contributed by atoms with Crippen molar-refractivity contribution in [2.45, 2.75) is 46.5 Å². The topological polar surface area (TPSA) is 3.88 Å². The molecule has 0 fully saturated rings. The van der Waals surface area contributed by atoms with Gasteiger partial charge in [-0.25, -0.2) is 4.57 Å². The Kier molecular flexibility index (Phi) is 6.11. The van der Waals surface area contributed by atoms with Crippen LogP contribution in [0.25, 0.3) is 22.4 Å². The van der Waals surface area contributed by atoms with Gasteiger partial charge in [-0.05, 0) is 47.9 Å². The molecule has 2 aromatic carbocycles. The second-order valence-electron chi connectivity index (χ2n) is 7.72. The maximum absolute atomic E-state index is 2.38. The first-order chi connectivity index (χ1) is 13.1. The smallest absolute Gasteiger partial charge is 0.200 e. The third kappa shape index (κ3) is 3.98. The highest BCUT2D eigenvalue weighted by Gasteiger charge is 2.23. The van der Waals surface area contributed by atoms with Crippen molar-refractivity contribution in [2.24, 2.45) is 13.0 Å². The fraction of sp³-hybridized carbons (Fsp3) is 0.346. The van der Waals surface area contributed by atoms with Crippen LogP contribution in [0, 0.1) is 12.8 Å². The van der Waals surface area contributed by atoms with Gasteiger partial charge in [0.15, 0.2) is 6.20 Å². The van der Waals surface area contributed by atoms with E-state index in [4.69, 9.17) is 0 Å². The SMILES string of the molecule is CCC(C)C(CC)c1ccccc1-c1cc(C)c(-c2ccccc2)c[n+]1C. The summed E-state index contributed by atoms with van der Waals surface area (Å²) in [6, 6.07) is 22.0. The van der Waals surface area contributed by atoms with Gasteiger partial charge >= 0.3 is 0 Å². The Morgan fingerprint density at radius 2 is 1.52 bits per heavy atom. The van der Waals surface area contributed by atoms with Gasteiger partial charge in [-0.3, -0.25) is 0 Å². The van der Waals surface area contributed by atoms with E-state index in [1.807, 2.05) is 0 Å². The van der Waals surface area contributed by atoms with E-state index in [0.717, 1.165) is 0 Å². The number of aryl methyl sites for hydroxylation is 2. The van der Waals surface area contributed by atoms with Crippen LogP contribution in [0.1, 0.15) is 50.7 Å². The van der Waals surface area contributed by atoms with Crippen LogP contribution in [-0.2, 0) is 7.05 Å². The van der Waals surface area contributed by atoms with Crippen molar-refractivity contribution in [2.75, 3.05) is 0 Å². The van der Waals surface area contributed by atoms with Gasteiger partial charge in [0, 0.05) is 17.2 Å². The number of hydrogen-bond acceptors (Lipinski definition) is 0. The standard InChI is InChI=1S/C26H32N/c1-6-19(3)22(7-2)23-15-11-12-16-24(23)26-17-20(4)25(18-27(26)5)21-13-9-8-10-14-21/h8-19,22H,6-7H2,1-5H3/q+1. The maximum Gasteiger partial charge on any atom is 0.212 e. The molecule has 0 N–H and O–H groups in total. The minimum atomic E-state index is 0.598. The second kappa shape index (κ2) is 8.52. The number of benzene rings is 2. The van der Waals surface area contributed by atoms with E-state index < -0.39 is 0 Å². The fourth-order valence-electron chi connectivity index (χ4n) is 4.20. The number of rotatable bonds is 6. The van der Waals surface area contributed by atoms with Crippen LogP contribution in [0.3, 0.4) is 0 Å². The van der Waals surface area contributed by atoms with Crippen molar-refractivity contribution >= 4 is 0 Å². The van der Waals surface area contributed by atoms with Crippen LogP contribution < -0.4 is 4.57 Å². The Labute approximate surface area is 164 Å². The molecule has 0 bridgehead atoms. The summed E-state index contributed by atoms with van der Waals surface area (Å²) >= 11 is 0. The first kappa shape index (κ1) is 19.4. The molecular formula is C26H32N+. The molecule has 2 unspecified atom stereocenters. The van der Waals surface area contributed by atoms with E-state index in [-0.39, 0.29) is 0 Å². The highest BCUT2D eigenvalue weighted by atomic mass is 14.9. The molecule has 1 nitrogen and oxygen atoms in total. The number of nitrogens with zero attached hydrogens (tertiary/aromatic N) is 1. The summed E-state index contributed by atoms with van der Waals surface area (Å²) in [5, 5.41) is 0. The van der Waals surface area contributed by atoms with E-state index in [9.17, 15) is 0 Å². The molecule has 0 aliphatic carbocycles. The van der Waals surface area contributed by atoms with Gasteiger partial charge in [-0.1, -0.05) is 75.7 Å². The first-order valence-corrected chi connectivity index (χ1v) is 10.2. The quantitative estimate of drug-likeness (QED) is 0.432. The first-order valence-electron chi connectivity index (χ1n) is 10.2. The van der Waals surface area contributed by atoms with Crippen LogP contribution in [0.15, 0.2) is 66.9 Å². The number of hydrogen-bond donors (Lipinski definition) is 0. The van der Waals surface area contributed by atoms with Crippen LogP contribution in [0.5, 0.6) is 0 Å². The third-order valence-corrected chi connectivity index (χ3v) is 5.97. The molecule has 0 aliphatic heterocycles. The molecule has 0 radical (unpaired) electrons. The molecule has 0 aliphatic rings. The molecule has 0 saturated carbocycles. The molecule has 3 aromatic rings. The van der Waals surface area contributed by atoms with Gasteiger partial charge < -0.3 is 0 Å². The Bertz CT molecular complexity index is 895. The third-order valence-electron chi connectivity index (χ3n) is 5.97. The van der Waals surface area contributed by atoms with Crippen molar-refractivity contribution < 1.29 is 4.57 Å². The molecule has 3 rings (SSSR count). The molecule has 1 heteroatoms. The van der Waals surface area contributed by atoms with Crippen molar-refractivity contribution in [3.8, 4) is 22.4 Å². The molecule has 0 saturated heterocycles. The number of pyridine rings is 1. The summed E-state index contributed by atoms with van der Waals surface area (Å²) in [6.45, 7) is 9.22. The second-order valence-corrected chi connectivity index (χ2v) is 7.72.